The van der Waals surface area contributed by atoms with Gasteiger partial charge >= 0.3 is 0 Å². The molecule has 0 aliphatic carbocycles. The quantitative estimate of drug-likeness (QED) is 0.554. The number of carbonyl (C=O) groups excluding carboxylic acids is 3. The van der Waals surface area contributed by atoms with Crippen LogP contribution < -0.4 is 16.0 Å². The Morgan fingerprint density at radius 2 is 1.86 bits per heavy atom. The third-order valence-corrected chi connectivity index (χ3v) is 6.09. The molecule has 0 saturated carbocycles. The summed E-state index contributed by atoms with van der Waals surface area (Å²) in [6.07, 6.45) is 0.743. The molecule has 2 rings (SSSR count). The molecule has 1 heterocycles. The number of hydrogen-bond donors (Lipinski definition) is 3. The van der Waals surface area contributed by atoms with Crippen molar-refractivity contribution in [1.29, 1.82) is 0 Å². The van der Waals surface area contributed by atoms with Gasteiger partial charge in [-0.1, -0.05) is 44.2 Å². The largest absolute Gasteiger partial charge is 0.354 e. The average molecular weight is 421 g/mol. The van der Waals surface area contributed by atoms with Gasteiger partial charge in [-0.3, -0.25) is 14.4 Å². The van der Waals surface area contributed by atoms with Gasteiger partial charge in [-0.2, -0.15) is 0 Å². The summed E-state index contributed by atoms with van der Waals surface area (Å²) in [6, 6.07) is 8.39. The van der Waals surface area contributed by atoms with Gasteiger partial charge in [-0.25, -0.2) is 0 Å². The van der Waals surface area contributed by atoms with Crippen molar-refractivity contribution >= 4 is 29.5 Å². The second kappa shape index (κ2) is 11.2. The highest BCUT2D eigenvalue weighted by Crippen LogP contribution is 2.23. The summed E-state index contributed by atoms with van der Waals surface area (Å²) in [5.74, 6) is 0.366. The Balaban J connectivity index is 1.96. The van der Waals surface area contributed by atoms with Gasteiger partial charge in [0.25, 0.3) is 0 Å². The number of likely N-dealkylation sites (N-methyl/N-ethyl adjacent to an activating group) is 1. The van der Waals surface area contributed by atoms with Gasteiger partial charge in [0.1, 0.15) is 12.1 Å². The minimum atomic E-state index is -0.656. The van der Waals surface area contributed by atoms with Gasteiger partial charge in [0.15, 0.2) is 0 Å². The van der Waals surface area contributed by atoms with E-state index in [-0.39, 0.29) is 23.6 Å². The van der Waals surface area contributed by atoms with Crippen molar-refractivity contribution in [3.05, 3.63) is 35.9 Å². The molecule has 3 atom stereocenters. The van der Waals surface area contributed by atoms with Crippen LogP contribution in [0, 0.1) is 5.92 Å². The van der Waals surface area contributed by atoms with Crippen molar-refractivity contribution in [3.8, 4) is 0 Å². The third kappa shape index (κ3) is 6.47. The summed E-state index contributed by atoms with van der Waals surface area (Å²) in [7, 11) is 1.70. The van der Waals surface area contributed by atoms with Crippen LogP contribution >= 0.6 is 11.8 Å². The molecule has 3 amide bonds. The van der Waals surface area contributed by atoms with E-state index in [9.17, 15) is 14.4 Å². The van der Waals surface area contributed by atoms with Gasteiger partial charge in [0.05, 0.1) is 11.9 Å². The lowest BCUT2D eigenvalue weighted by Crippen LogP contribution is -2.57. The van der Waals surface area contributed by atoms with Crippen molar-refractivity contribution < 1.29 is 14.4 Å². The first-order valence-corrected chi connectivity index (χ1v) is 11.2. The Hall–Kier alpha value is -2.06. The first-order valence-electron chi connectivity index (χ1n) is 10.0. The van der Waals surface area contributed by atoms with Crippen molar-refractivity contribution in [3.63, 3.8) is 0 Å². The fraction of sp³-hybridized carbons (Fsp3) is 0.571. The van der Waals surface area contributed by atoms with Crippen LogP contribution in [-0.2, 0) is 20.8 Å². The summed E-state index contributed by atoms with van der Waals surface area (Å²) < 4.78 is 0. The number of carbonyl (C=O) groups is 3. The highest BCUT2D eigenvalue weighted by atomic mass is 32.2. The molecular weight excluding hydrogens is 388 g/mol. The van der Waals surface area contributed by atoms with Gasteiger partial charge in [-0.15, -0.1) is 11.8 Å². The SMILES string of the molecule is CN[C@@H](C)C(=O)N[C@H](C(=O)N1CSC[C@H]1C(=O)NCCc1ccccc1)C(C)C. The zero-order valence-corrected chi connectivity index (χ0v) is 18.4. The number of benzene rings is 1. The van der Waals surface area contributed by atoms with Crippen LogP contribution in [0.1, 0.15) is 26.3 Å². The molecule has 0 bridgehead atoms. The molecular formula is C21H32N4O3S. The Kier molecular flexibility index (Phi) is 8.98. The molecule has 1 aliphatic heterocycles. The molecule has 8 heteroatoms. The minimum absolute atomic E-state index is 0.0807. The van der Waals surface area contributed by atoms with Crippen LogP contribution in [0.25, 0.3) is 0 Å². The normalized spacial score (nSPS) is 18.4. The number of nitrogens with zero attached hydrogens (tertiary/aromatic N) is 1. The molecule has 1 fully saturated rings. The Morgan fingerprint density at radius 3 is 2.48 bits per heavy atom. The number of amides is 3. The van der Waals surface area contributed by atoms with Gasteiger partial charge in [-0.05, 0) is 31.9 Å². The molecule has 0 unspecified atom stereocenters. The van der Waals surface area contributed by atoms with E-state index in [0.717, 1.165) is 12.0 Å². The predicted molar refractivity (Wildman–Crippen MR) is 116 cm³/mol. The van der Waals surface area contributed by atoms with Crippen LogP contribution in [0.4, 0.5) is 0 Å². The molecule has 1 aromatic rings. The lowest BCUT2D eigenvalue weighted by Gasteiger charge is -2.30. The van der Waals surface area contributed by atoms with E-state index < -0.39 is 18.1 Å². The molecule has 160 valence electrons. The fourth-order valence-corrected chi connectivity index (χ4v) is 4.24. The minimum Gasteiger partial charge on any atom is -0.354 e. The maximum atomic E-state index is 13.1. The van der Waals surface area contributed by atoms with Crippen LogP contribution in [0.3, 0.4) is 0 Å². The number of rotatable bonds is 9. The van der Waals surface area contributed by atoms with Crippen LogP contribution in [0.15, 0.2) is 30.3 Å². The van der Waals surface area contributed by atoms with Crippen molar-refractivity contribution in [2.24, 2.45) is 5.92 Å². The lowest BCUT2D eigenvalue weighted by molar-refractivity contribution is -0.142. The molecule has 1 aromatic carbocycles. The van der Waals surface area contributed by atoms with E-state index in [2.05, 4.69) is 16.0 Å². The molecule has 1 aliphatic rings. The zero-order chi connectivity index (χ0) is 21.4. The van der Waals surface area contributed by atoms with Crippen molar-refractivity contribution in [1.82, 2.24) is 20.9 Å². The second-order valence-corrected chi connectivity index (χ2v) is 8.59. The van der Waals surface area contributed by atoms with E-state index in [1.807, 2.05) is 44.2 Å². The first kappa shape index (κ1) is 23.2. The van der Waals surface area contributed by atoms with Crippen molar-refractivity contribution in [2.45, 2.75) is 45.3 Å². The Labute approximate surface area is 177 Å². The molecule has 29 heavy (non-hydrogen) atoms. The van der Waals surface area contributed by atoms with Gasteiger partial charge < -0.3 is 20.9 Å². The summed E-state index contributed by atoms with van der Waals surface area (Å²) in [5, 5.41) is 8.66. The molecule has 0 spiro atoms. The van der Waals surface area contributed by atoms with E-state index in [1.165, 1.54) is 0 Å². The van der Waals surface area contributed by atoms with Gasteiger partial charge in [0.2, 0.25) is 17.7 Å². The third-order valence-electron chi connectivity index (χ3n) is 5.08. The average Bonchev–Trinajstić information content (AvgIpc) is 3.21. The second-order valence-electron chi connectivity index (χ2n) is 7.59. The molecule has 3 N–H and O–H groups in total. The smallest absolute Gasteiger partial charge is 0.246 e. The van der Waals surface area contributed by atoms with E-state index >= 15 is 0 Å². The van der Waals surface area contributed by atoms with Crippen LogP contribution in [0.5, 0.6) is 0 Å². The highest BCUT2D eigenvalue weighted by molar-refractivity contribution is 7.99. The maximum Gasteiger partial charge on any atom is 0.246 e. The maximum absolute atomic E-state index is 13.1. The molecule has 1 saturated heterocycles. The van der Waals surface area contributed by atoms with Gasteiger partial charge in [0, 0.05) is 12.3 Å². The summed E-state index contributed by atoms with van der Waals surface area (Å²) >= 11 is 1.55. The van der Waals surface area contributed by atoms with E-state index in [0.29, 0.717) is 18.2 Å². The number of thioether (sulfide) groups is 1. The first-order chi connectivity index (χ1) is 13.8. The molecule has 0 aromatic heterocycles. The van der Waals surface area contributed by atoms with E-state index in [4.69, 9.17) is 0 Å². The van der Waals surface area contributed by atoms with E-state index in [1.54, 1.807) is 30.6 Å². The summed E-state index contributed by atoms with van der Waals surface area (Å²) in [4.78, 5) is 39.7. The number of hydrogen-bond acceptors (Lipinski definition) is 5. The standard InChI is InChI=1S/C21H32N4O3S/c1-14(2)18(24-19(26)15(3)22-4)21(28)25-13-29-12-17(25)20(27)23-11-10-16-8-6-5-7-9-16/h5-9,14-15,17-18,22H,10-13H2,1-4H3,(H,23,27)(H,24,26)/t15-,17-,18-/m0/s1. The predicted octanol–water partition coefficient (Wildman–Crippen LogP) is 0.996. The van der Waals surface area contributed by atoms with Crippen molar-refractivity contribution in [2.75, 3.05) is 25.2 Å². The fourth-order valence-electron chi connectivity index (χ4n) is 3.07. The number of nitrogens with one attached hydrogen (secondary N) is 3. The lowest BCUT2D eigenvalue weighted by atomic mass is 10.0. The molecule has 0 radical (unpaired) electrons. The Bertz CT molecular complexity index is 698. The molecule has 7 nitrogen and oxygen atoms in total. The topological polar surface area (TPSA) is 90.5 Å². The van der Waals surface area contributed by atoms with Crippen LogP contribution in [0.2, 0.25) is 0 Å². The summed E-state index contributed by atoms with van der Waals surface area (Å²) in [5.41, 5.74) is 1.16. The highest BCUT2D eigenvalue weighted by Gasteiger charge is 2.39. The zero-order valence-electron chi connectivity index (χ0n) is 17.6. The monoisotopic (exact) mass is 420 g/mol. The Morgan fingerprint density at radius 1 is 1.17 bits per heavy atom. The summed E-state index contributed by atoms with van der Waals surface area (Å²) in [6.45, 7) is 6.05. The van der Waals surface area contributed by atoms with Crippen LogP contribution in [-0.4, -0.2) is 66.0 Å².